The van der Waals surface area contributed by atoms with Gasteiger partial charge in [0.05, 0.1) is 0 Å². The van der Waals surface area contributed by atoms with Gasteiger partial charge in [-0.25, -0.2) is 14.2 Å². The molecule has 110 valence electrons. The summed E-state index contributed by atoms with van der Waals surface area (Å²) in [6, 6.07) is 7.50. The summed E-state index contributed by atoms with van der Waals surface area (Å²) >= 11 is 3.42. The number of nitrogens with zero attached hydrogens (tertiary/aromatic N) is 2. The third-order valence-electron chi connectivity index (χ3n) is 3.63. The summed E-state index contributed by atoms with van der Waals surface area (Å²) in [5.74, 6) is 0.507. The molecule has 0 unspecified atom stereocenters. The van der Waals surface area contributed by atoms with E-state index in [1.807, 2.05) is 24.3 Å². The van der Waals surface area contributed by atoms with Crippen molar-refractivity contribution in [1.82, 2.24) is 9.88 Å². The van der Waals surface area contributed by atoms with E-state index in [0.717, 1.165) is 15.2 Å². The molecule has 0 radical (unpaired) electrons. The second kappa shape index (κ2) is 5.97. The standard InChI is InChI=1S/C15H15BrFN3O/c16-12-2-1-10-9-18-14(8-11(10)7-12)19-15(21)20-5-3-13(17)4-6-20/h1-2,7-9,13H,3-6H2,(H,18,19,21). The van der Waals surface area contributed by atoms with Gasteiger partial charge in [-0.3, -0.25) is 5.32 Å². The van der Waals surface area contributed by atoms with E-state index < -0.39 is 6.17 Å². The molecule has 21 heavy (non-hydrogen) atoms. The fourth-order valence-corrected chi connectivity index (χ4v) is 2.80. The van der Waals surface area contributed by atoms with Gasteiger partial charge in [0.2, 0.25) is 0 Å². The molecule has 2 aromatic rings. The van der Waals surface area contributed by atoms with E-state index in [1.54, 1.807) is 11.1 Å². The summed E-state index contributed by atoms with van der Waals surface area (Å²) in [7, 11) is 0. The molecule has 0 bridgehead atoms. The Morgan fingerprint density at radius 1 is 1.29 bits per heavy atom. The van der Waals surface area contributed by atoms with Gasteiger partial charge in [-0.15, -0.1) is 0 Å². The zero-order chi connectivity index (χ0) is 14.8. The lowest BCUT2D eigenvalue weighted by Crippen LogP contribution is -2.41. The van der Waals surface area contributed by atoms with Gasteiger partial charge in [-0.1, -0.05) is 22.0 Å². The van der Waals surface area contributed by atoms with Crippen LogP contribution >= 0.6 is 15.9 Å². The van der Waals surface area contributed by atoms with Crippen molar-refractivity contribution in [2.24, 2.45) is 0 Å². The molecule has 1 aliphatic rings. The molecule has 0 aliphatic carbocycles. The Labute approximate surface area is 130 Å². The summed E-state index contributed by atoms with van der Waals surface area (Å²) in [5, 5.41) is 4.78. The van der Waals surface area contributed by atoms with Crippen molar-refractivity contribution in [3.8, 4) is 0 Å². The number of pyridine rings is 1. The molecule has 4 nitrogen and oxygen atoms in total. The minimum atomic E-state index is -0.787. The fourth-order valence-electron chi connectivity index (χ4n) is 2.42. The second-order valence-electron chi connectivity index (χ2n) is 5.15. The van der Waals surface area contributed by atoms with E-state index >= 15 is 0 Å². The van der Waals surface area contributed by atoms with Crippen molar-refractivity contribution in [2.75, 3.05) is 18.4 Å². The Morgan fingerprint density at radius 3 is 2.81 bits per heavy atom. The number of hydrogen-bond donors (Lipinski definition) is 1. The van der Waals surface area contributed by atoms with Gasteiger partial charge < -0.3 is 4.90 Å². The zero-order valence-electron chi connectivity index (χ0n) is 11.4. The Balaban J connectivity index is 1.73. The van der Waals surface area contributed by atoms with E-state index in [9.17, 15) is 9.18 Å². The molecule has 1 N–H and O–H groups in total. The monoisotopic (exact) mass is 351 g/mol. The molecule has 3 rings (SSSR count). The number of carbonyl (C=O) groups is 1. The van der Waals surface area contributed by atoms with Gasteiger partial charge in [0.1, 0.15) is 12.0 Å². The van der Waals surface area contributed by atoms with Gasteiger partial charge in [-0.05, 0) is 36.4 Å². The number of aromatic nitrogens is 1. The minimum absolute atomic E-state index is 0.219. The Kier molecular flexibility index (Phi) is 4.05. The second-order valence-corrected chi connectivity index (χ2v) is 6.07. The smallest absolute Gasteiger partial charge is 0.323 e. The highest BCUT2D eigenvalue weighted by Gasteiger charge is 2.22. The van der Waals surface area contributed by atoms with Gasteiger partial charge in [0.15, 0.2) is 0 Å². The maximum atomic E-state index is 13.1. The van der Waals surface area contributed by atoms with Crippen molar-refractivity contribution in [3.05, 3.63) is 34.9 Å². The molecule has 1 aliphatic heterocycles. The van der Waals surface area contributed by atoms with Crippen LogP contribution in [0.5, 0.6) is 0 Å². The van der Waals surface area contributed by atoms with E-state index in [-0.39, 0.29) is 6.03 Å². The van der Waals surface area contributed by atoms with Crippen LogP contribution in [0.4, 0.5) is 15.0 Å². The van der Waals surface area contributed by atoms with Crippen molar-refractivity contribution >= 4 is 38.6 Å². The molecule has 1 aromatic carbocycles. The summed E-state index contributed by atoms with van der Waals surface area (Å²) in [4.78, 5) is 18.0. The van der Waals surface area contributed by atoms with Crippen LogP contribution in [0.3, 0.4) is 0 Å². The van der Waals surface area contributed by atoms with Gasteiger partial charge in [-0.2, -0.15) is 0 Å². The molecule has 1 fully saturated rings. The lowest BCUT2D eigenvalue weighted by molar-refractivity contribution is 0.162. The molecule has 6 heteroatoms. The van der Waals surface area contributed by atoms with Crippen molar-refractivity contribution in [1.29, 1.82) is 0 Å². The number of anilines is 1. The number of likely N-dealkylation sites (tertiary alicyclic amines) is 1. The number of rotatable bonds is 1. The molecule has 2 heterocycles. The molecule has 2 amide bonds. The molecule has 0 atom stereocenters. The average Bonchev–Trinajstić information content (AvgIpc) is 2.47. The number of hydrogen-bond acceptors (Lipinski definition) is 2. The number of alkyl halides is 1. The normalized spacial score (nSPS) is 16.2. The summed E-state index contributed by atoms with van der Waals surface area (Å²) < 4.78 is 14.1. The zero-order valence-corrected chi connectivity index (χ0v) is 12.9. The molecular formula is C15H15BrFN3O. The number of amides is 2. The van der Waals surface area contributed by atoms with Gasteiger partial charge in [0.25, 0.3) is 0 Å². The van der Waals surface area contributed by atoms with E-state index in [0.29, 0.717) is 31.7 Å². The molecule has 1 saturated heterocycles. The Morgan fingerprint density at radius 2 is 2.05 bits per heavy atom. The van der Waals surface area contributed by atoms with Crippen LogP contribution in [0.1, 0.15) is 12.8 Å². The first-order valence-electron chi connectivity index (χ1n) is 6.87. The Hall–Kier alpha value is -1.69. The number of benzene rings is 1. The van der Waals surface area contributed by atoms with Crippen LogP contribution in [0.15, 0.2) is 34.9 Å². The Bertz CT molecular complexity index is 671. The van der Waals surface area contributed by atoms with E-state index in [1.165, 1.54) is 0 Å². The highest BCUT2D eigenvalue weighted by molar-refractivity contribution is 9.10. The van der Waals surface area contributed by atoms with Crippen molar-refractivity contribution < 1.29 is 9.18 Å². The van der Waals surface area contributed by atoms with Gasteiger partial charge in [0, 0.05) is 29.1 Å². The summed E-state index contributed by atoms with van der Waals surface area (Å²) in [5.41, 5.74) is 0. The maximum Gasteiger partial charge on any atom is 0.323 e. The predicted octanol–water partition coefficient (Wildman–Crippen LogP) is 3.96. The van der Waals surface area contributed by atoms with Crippen LogP contribution in [0.25, 0.3) is 10.8 Å². The van der Waals surface area contributed by atoms with Crippen molar-refractivity contribution in [3.63, 3.8) is 0 Å². The van der Waals surface area contributed by atoms with Crippen LogP contribution < -0.4 is 5.32 Å². The first kappa shape index (κ1) is 14.3. The first-order valence-corrected chi connectivity index (χ1v) is 7.66. The number of fused-ring (bicyclic) bond motifs is 1. The quantitative estimate of drug-likeness (QED) is 0.844. The number of piperidine rings is 1. The fraction of sp³-hybridized carbons (Fsp3) is 0.333. The lowest BCUT2D eigenvalue weighted by atomic mass is 10.1. The van der Waals surface area contributed by atoms with Crippen LogP contribution in [-0.4, -0.2) is 35.2 Å². The number of urea groups is 1. The highest BCUT2D eigenvalue weighted by atomic mass is 79.9. The lowest BCUT2D eigenvalue weighted by Gasteiger charge is -2.28. The third kappa shape index (κ3) is 3.32. The van der Waals surface area contributed by atoms with Crippen molar-refractivity contribution in [2.45, 2.75) is 19.0 Å². The first-order chi connectivity index (χ1) is 10.1. The van der Waals surface area contributed by atoms with E-state index in [4.69, 9.17) is 0 Å². The summed E-state index contributed by atoms with van der Waals surface area (Å²) in [6.45, 7) is 0.901. The van der Waals surface area contributed by atoms with Crippen LogP contribution in [-0.2, 0) is 0 Å². The largest absolute Gasteiger partial charge is 0.324 e. The number of halogens is 2. The molecule has 0 saturated carbocycles. The van der Waals surface area contributed by atoms with Crippen LogP contribution in [0.2, 0.25) is 0 Å². The number of nitrogens with one attached hydrogen (secondary N) is 1. The average molecular weight is 352 g/mol. The maximum absolute atomic E-state index is 13.1. The van der Waals surface area contributed by atoms with Gasteiger partial charge >= 0.3 is 6.03 Å². The predicted molar refractivity (Wildman–Crippen MR) is 84.2 cm³/mol. The topological polar surface area (TPSA) is 45.2 Å². The van der Waals surface area contributed by atoms with E-state index in [2.05, 4.69) is 26.2 Å². The number of carbonyl (C=O) groups excluding carboxylic acids is 1. The third-order valence-corrected chi connectivity index (χ3v) is 4.12. The molecule has 0 spiro atoms. The SMILES string of the molecule is O=C(Nc1cc2cc(Br)ccc2cn1)N1CCC(F)CC1. The molecular weight excluding hydrogens is 337 g/mol. The molecule has 1 aromatic heterocycles. The minimum Gasteiger partial charge on any atom is -0.324 e. The summed E-state index contributed by atoms with van der Waals surface area (Å²) in [6.07, 6.45) is 1.76. The van der Waals surface area contributed by atoms with Crippen LogP contribution in [0, 0.1) is 0 Å². The highest BCUT2D eigenvalue weighted by Crippen LogP contribution is 2.22.